The summed E-state index contributed by atoms with van der Waals surface area (Å²) in [4.78, 5) is 14.6. The molecule has 110 valence electrons. The molecule has 1 aromatic carbocycles. The first-order valence-corrected chi connectivity index (χ1v) is 7.68. The van der Waals surface area contributed by atoms with Crippen LogP contribution in [0.2, 0.25) is 5.02 Å². The van der Waals surface area contributed by atoms with E-state index in [9.17, 15) is 4.79 Å². The lowest BCUT2D eigenvalue weighted by Gasteiger charge is -2.31. The molecular formula is C16H23ClN2O. The van der Waals surface area contributed by atoms with Crippen molar-refractivity contribution in [3.05, 3.63) is 28.3 Å². The van der Waals surface area contributed by atoms with E-state index < -0.39 is 0 Å². The van der Waals surface area contributed by atoms with Gasteiger partial charge in [-0.05, 0) is 63.9 Å². The maximum atomic E-state index is 12.4. The molecule has 1 aromatic rings. The highest BCUT2D eigenvalue weighted by atomic mass is 35.5. The first-order chi connectivity index (χ1) is 9.49. The van der Waals surface area contributed by atoms with Gasteiger partial charge in [-0.2, -0.15) is 0 Å². The monoisotopic (exact) mass is 294 g/mol. The number of benzene rings is 1. The van der Waals surface area contributed by atoms with Crippen LogP contribution in [0.1, 0.15) is 37.3 Å². The summed E-state index contributed by atoms with van der Waals surface area (Å²) in [6, 6.07) is 3.81. The summed E-state index contributed by atoms with van der Waals surface area (Å²) < 4.78 is 0. The molecule has 2 rings (SSSR count). The van der Waals surface area contributed by atoms with E-state index in [1.54, 1.807) is 0 Å². The van der Waals surface area contributed by atoms with Gasteiger partial charge in [0, 0.05) is 0 Å². The minimum Gasteiger partial charge on any atom is -0.323 e. The van der Waals surface area contributed by atoms with Crippen molar-refractivity contribution >= 4 is 23.2 Å². The van der Waals surface area contributed by atoms with Crippen LogP contribution in [-0.4, -0.2) is 29.9 Å². The van der Waals surface area contributed by atoms with Crippen LogP contribution in [0.25, 0.3) is 0 Å². The Balaban J connectivity index is 2.07. The number of nitrogens with one attached hydrogen (secondary N) is 1. The SMILES string of the molecule is Cc1cc(C)c(NC(=O)[C@@H](C)N2CCCCC2)c(Cl)c1. The van der Waals surface area contributed by atoms with E-state index >= 15 is 0 Å². The van der Waals surface area contributed by atoms with Gasteiger partial charge in [0.25, 0.3) is 0 Å². The first kappa shape index (κ1) is 15.3. The summed E-state index contributed by atoms with van der Waals surface area (Å²) in [5, 5.41) is 3.60. The zero-order valence-corrected chi connectivity index (χ0v) is 13.3. The average Bonchev–Trinajstić information content (AvgIpc) is 2.42. The Bertz CT molecular complexity index is 472. The lowest BCUT2D eigenvalue weighted by Crippen LogP contribution is -2.44. The second kappa shape index (κ2) is 6.59. The van der Waals surface area contributed by atoms with E-state index in [1.807, 2.05) is 32.9 Å². The molecule has 20 heavy (non-hydrogen) atoms. The molecule has 0 radical (unpaired) electrons. The van der Waals surface area contributed by atoms with Crippen molar-refractivity contribution in [2.75, 3.05) is 18.4 Å². The maximum Gasteiger partial charge on any atom is 0.241 e. The Morgan fingerprint density at radius 1 is 1.25 bits per heavy atom. The zero-order valence-electron chi connectivity index (χ0n) is 12.5. The number of hydrogen-bond donors (Lipinski definition) is 1. The van der Waals surface area contributed by atoms with E-state index in [0.717, 1.165) is 29.9 Å². The summed E-state index contributed by atoms with van der Waals surface area (Å²) >= 11 is 6.24. The largest absolute Gasteiger partial charge is 0.323 e. The van der Waals surface area contributed by atoms with Crippen molar-refractivity contribution in [3.8, 4) is 0 Å². The second-order valence-electron chi connectivity index (χ2n) is 5.70. The third kappa shape index (κ3) is 3.53. The van der Waals surface area contributed by atoms with Gasteiger partial charge in [-0.1, -0.05) is 24.1 Å². The topological polar surface area (TPSA) is 32.3 Å². The van der Waals surface area contributed by atoms with E-state index in [0.29, 0.717) is 5.02 Å². The number of piperidine rings is 1. The van der Waals surface area contributed by atoms with Crippen molar-refractivity contribution < 1.29 is 4.79 Å². The number of likely N-dealkylation sites (tertiary alicyclic amines) is 1. The van der Waals surface area contributed by atoms with Crippen LogP contribution in [-0.2, 0) is 4.79 Å². The minimum atomic E-state index is -0.105. The van der Waals surface area contributed by atoms with Crippen LogP contribution in [0.4, 0.5) is 5.69 Å². The van der Waals surface area contributed by atoms with E-state index in [4.69, 9.17) is 11.6 Å². The van der Waals surface area contributed by atoms with Crippen LogP contribution in [0.15, 0.2) is 12.1 Å². The Hall–Kier alpha value is -1.06. The molecule has 1 aliphatic heterocycles. The van der Waals surface area contributed by atoms with Gasteiger partial charge in [-0.25, -0.2) is 0 Å². The highest BCUT2D eigenvalue weighted by molar-refractivity contribution is 6.34. The van der Waals surface area contributed by atoms with Gasteiger partial charge in [0.1, 0.15) is 0 Å². The number of hydrogen-bond acceptors (Lipinski definition) is 2. The predicted molar refractivity (Wildman–Crippen MR) is 84.4 cm³/mol. The van der Waals surface area contributed by atoms with Crippen molar-refractivity contribution in [3.63, 3.8) is 0 Å². The predicted octanol–water partition coefficient (Wildman–Crippen LogP) is 3.77. The molecule has 3 nitrogen and oxygen atoms in total. The molecule has 1 amide bonds. The molecule has 1 saturated heterocycles. The van der Waals surface area contributed by atoms with Crippen molar-refractivity contribution in [2.45, 2.75) is 46.1 Å². The van der Waals surface area contributed by atoms with Gasteiger partial charge >= 0.3 is 0 Å². The highest BCUT2D eigenvalue weighted by Crippen LogP contribution is 2.27. The second-order valence-corrected chi connectivity index (χ2v) is 6.11. The van der Waals surface area contributed by atoms with Crippen LogP contribution in [0.5, 0.6) is 0 Å². The number of carbonyl (C=O) groups is 1. The Morgan fingerprint density at radius 3 is 2.50 bits per heavy atom. The molecule has 1 atom stereocenters. The smallest absolute Gasteiger partial charge is 0.241 e. The van der Waals surface area contributed by atoms with Crippen molar-refractivity contribution in [1.29, 1.82) is 0 Å². The third-order valence-corrected chi connectivity index (χ3v) is 4.30. The molecule has 1 fully saturated rings. The lowest BCUT2D eigenvalue weighted by molar-refractivity contribution is -0.121. The normalized spacial score (nSPS) is 17.8. The maximum absolute atomic E-state index is 12.4. The van der Waals surface area contributed by atoms with Crippen LogP contribution in [0, 0.1) is 13.8 Å². The van der Waals surface area contributed by atoms with Crippen LogP contribution < -0.4 is 5.32 Å². The molecule has 4 heteroatoms. The van der Waals surface area contributed by atoms with Gasteiger partial charge in [0.15, 0.2) is 0 Å². The lowest BCUT2D eigenvalue weighted by atomic mass is 10.1. The zero-order chi connectivity index (χ0) is 14.7. The summed E-state index contributed by atoms with van der Waals surface area (Å²) in [7, 11) is 0. The van der Waals surface area contributed by atoms with Gasteiger partial charge in [-0.3, -0.25) is 9.69 Å². The van der Waals surface area contributed by atoms with Gasteiger partial charge in [0.05, 0.1) is 16.8 Å². The minimum absolute atomic E-state index is 0.0285. The number of halogens is 1. The molecule has 1 aliphatic rings. The quantitative estimate of drug-likeness (QED) is 0.920. The Kier molecular flexibility index (Phi) is 5.06. The summed E-state index contributed by atoms with van der Waals surface area (Å²) in [6.07, 6.45) is 3.64. The summed E-state index contributed by atoms with van der Waals surface area (Å²) in [5.41, 5.74) is 2.86. The van der Waals surface area contributed by atoms with Crippen molar-refractivity contribution in [1.82, 2.24) is 4.90 Å². The summed E-state index contributed by atoms with van der Waals surface area (Å²) in [6.45, 7) is 7.96. The van der Waals surface area contributed by atoms with E-state index in [-0.39, 0.29) is 11.9 Å². The fourth-order valence-electron chi connectivity index (χ4n) is 2.77. The number of carbonyl (C=O) groups excluding carboxylic acids is 1. The van der Waals surface area contributed by atoms with Gasteiger partial charge in [-0.15, -0.1) is 0 Å². The van der Waals surface area contributed by atoms with Crippen LogP contribution >= 0.6 is 11.6 Å². The molecule has 0 aliphatic carbocycles. The molecule has 0 bridgehead atoms. The highest BCUT2D eigenvalue weighted by Gasteiger charge is 2.23. The standard InChI is InChI=1S/C16H23ClN2O/c1-11-9-12(2)15(14(17)10-11)18-16(20)13(3)19-7-5-4-6-8-19/h9-10,13H,4-8H2,1-3H3,(H,18,20)/t13-/m1/s1. The molecule has 0 unspecified atom stereocenters. The molecule has 1 heterocycles. The molecule has 0 saturated carbocycles. The van der Waals surface area contributed by atoms with Gasteiger partial charge in [0.2, 0.25) is 5.91 Å². The summed E-state index contributed by atoms with van der Waals surface area (Å²) in [5.74, 6) is 0.0285. The number of rotatable bonds is 3. The molecule has 0 aromatic heterocycles. The first-order valence-electron chi connectivity index (χ1n) is 7.30. The molecule has 1 N–H and O–H groups in total. The fraction of sp³-hybridized carbons (Fsp3) is 0.562. The van der Waals surface area contributed by atoms with Gasteiger partial charge < -0.3 is 5.32 Å². The van der Waals surface area contributed by atoms with Crippen LogP contribution in [0.3, 0.4) is 0 Å². The Morgan fingerprint density at radius 2 is 1.90 bits per heavy atom. The number of nitrogens with zero attached hydrogens (tertiary/aromatic N) is 1. The number of anilines is 1. The molecular weight excluding hydrogens is 272 g/mol. The Labute approximate surface area is 126 Å². The average molecular weight is 295 g/mol. The van der Waals surface area contributed by atoms with Crippen molar-refractivity contribution in [2.24, 2.45) is 0 Å². The molecule has 0 spiro atoms. The van der Waals surface area contributed by atoms with E-state index in [1.165, 1.54) is 19.3 Å². The number of aryl methyl sites for hydroxylation is 2. The number of amides is 1. The van der Waals surface area contributed by atoms with E-state index in [2.05, 4.69) is 10.2 Å². The third-order valence-electron chi connectivity index (χ3n) is 4.00. The fourth-order valence-corrected chi connectivity index (χ4v) is 3.14.